The monoisotopic (exact) mass is 733 g/mol. The molecule has 0 saturated carbocycles. The van der Waals surface area contributed by atoms with Crippen molar-refractivity contribution < 1.29 is 19.4 Å². The Labute approximate surface area is 252 Å². The first-order valence-electron chi connectivity index (χ1n) is 13.0. The summed E-state index contributed by atoms with van der Waals surface area (Å²) in [6, 6.07) is 64.7. The minimum atomic E-state index is -0.446. The SMILES string of the molecule is [CH2]=[Pt].c1ccc(P(c2ccccc2)c2ccccc2)cc1.c1ccc(P(c2ccccc2)c2ccccc2)cc1. The Morgan fingerprint density at radius 1 is 0.250 bits per heavy atom. The van der Waals surface area contributed by atoms with Crippen LogP contribution in [-0.4, -0.2) is 4.90 Å². The average Bonchev–Trinajstić information content (AvgIpc) is 3.06. The van der Waals surface area contributed by atoms with Gasteiger partial charge in [0, 0.05) is 0 Å². The largest absolute Gasteiger partial charge is 0.0622 e. The van der Waals surface area contributed by atoms with Crippen molar-refractivity contribution in [2.45, 2.75) is 0 Å². The van der Waals surface area contributed by atoms with Gasteiger partial charge in [0.05, 0.1) is 0 Å². The van der Waals surface area contributed by atoms with Crippen LogP contribution in [0.25, 0.3) is 0 Å². The van der Waals surface area contributed by atoms with E-state index in [0.717, 1.165) is 0 Å². The van der Waals surface area contributed by atoms with E-state index in [0.29, 0.717) is 0 Å². The average molecular weight is 734 g/mol. The van der Waals surface area contributed by atoms with Gasteiger partial charge in [-0.3, -0.25) is 0 Å². The number of rotatable bonds is 6. The van der Waals surface area contributed by atoms with Gasteiger partial charge in [-0.2, -0.15) is 0 Å². The van der Waals surface area contributed by atoms with Gasteiger partial charge in [0.15, 0.2) is 0 Å². The van der Waals surface area contributed by atoms with Gasteiger partial charge in [0.25, 0.3) is 0 Å². The van der Waals surface area contributed by atoms with E-state index in [1.165, 1.54) is 31.8 Å². The van der Waals surface area contributed by atoms with Crippen LogP contribution >= 0.6 is 15.8 Å². The van der Waals surface area contributed by atoms with Gasteiger partial charge in [-0.15, -0.1) is 0 Å². The van der Waals surface area contributed by atoms with Gasteiger partial charge in [-0.25, -0.2) is 0 Å². The van der Waals surface area contributed by atoms with Crippen molar-refractivity contribution in [3.05, 3.63) is 182 Å². The molecule has 0 saturated heterocycles. The summed E-state index contributed by atoms with van der Waals surface area (Å²) in [5.41, 5.74) is 0. The third-order valence-corrected chi connectivity index (χ3v) is 11.0. The molecule has 0 spiro atoms. The first-order valence-corrected chi connectivity index (χ1v) is 17.3. The molecule has 0 nitrogen and oxygen atoms in total. The summed E-state index contributed by atoms with van der Waals surface area (Å²) >= 11 is 1.89. The third-order valence-electron chi connectivity index (χ3n) is 6.09. The Morgan fingerprint density at radius 3 is 0.500 bits per heavy atom. The zero-order chi connectivity index (χ0) is 27.8. The van der Waals surface area contributed by atoms with E-state index < -0.39 is 15.8 Å². The van der Waals surface area contributed by atoms with Crippen molar-refractivity contribution in [2.24, 2.45) is 0 Å². The van der Waals surface area contributed by atoms with E-state index in [1.54, 1.807) is 0 Å². The van der Waals surface area contributed by atoms with Crippen LogP contribution in [0.2, 0.25) is 0 Å². The van der Waals surface area contributed by atoms with Crippen molar-refractivity contribution >= 4 is 52.6 Å². The van der Waals surface area contributed by atoms with Crippen LogP contribution in [0.3, 0.4) is 0 Å². The smallest absolute Gasteiger partial charge is 0.0134 e. The van der Waals surface area contributed by atoms with Gasteiger partial charge in [-0.05, 0) is 47.7 Å². The zero-order valence-electron chi connectivity index (χ0n) is 22.2. The maximum Gasteiger partial charge on any atom is -0.0134 e. The first kappa shape index (κ1) is 29.7. The van der Waals surface area contributed by atoms with E-state index in [9.17, 15) is 0 Å². The second-order valence-electron chi connectivity index (χ2n) is 8.68. The zero-order valence-corrected chi connectivity index (χ0v) is 26.3. The van der Waals surface area contributed by atoms with E-state index in [-0.39, 0.29) is 0 Å². The molecule has 0 radical (unpaired) electrons. The van der Waals surface area contributed by atoms with Gasteiger partial charge in [0.2, 0.25) is 0 Å². The Bertz CT molecular complexity index is 1190. The molecule has 0 bridgehead atoms. The summed E-state index contributed by atoms with van der Waals surface area (Å²) in [5.74, 6) is 0. The van der Waals surface area contributed by atoms with E-state index in [4.69, 9.17) is 0 Å². The maximum atomic E-state index is 3.22. The second kappa shape index (κ2) is 16.8. The number of benzene rings is 6. The van der Waals surface area contributed by atoms with Crippen LogP contribution in [0.15, 0.2) is 182 Å². The summed E-state index contributed by atoms with van der Waals surface area (Å²) in [7, 11) is -0.892. The standard InChI is InChI=1S/2C18H15P.CH2.Pt/c2*1-4-10-16(11-5-1)19(17-12-6-2-7-13-17)18-14-8-3-9-15-18;;/h2*1-15H;1H2;. The molecule has 200 valence electrons. The topological polar surface area (TPSA) is 0 Å². The third kappa shape index (κ3) is 8.37. The van der Waals surface area contributed by atoms with Crippen molar-refractivity contribution in [1.82, 2.24) is 0 Å². The molecular formula is C37H32P2Pt. The Kier molecular flexibility index (Phi) is 12.4. The van der Waals surface area contributed by atoms with E-state index in [1.807, 2.05) is 19.4 Å². The predicted molar refractivity (Wildman–Crippen MR) is 177 cm³/mol. The van der Waals surface area contributed by atoms with Crippen LogP contribution in [0.5, 0.6) is 0 Å². The molecule has 0 unspecified atom stereocenters. The molecule has 0 fully saturated rings. The van der Waals surface area contributed by atoms with E-state index in [2.05, 4.69) is 187 Å². The molecule has 0 amide bonds. The quantitative estimate of drug-likeness (QED) is 0.164. The first-order chi connectivity index (χ1) is 19.9. The van der Waals surface area contributed by atoms with Crippen LogP contribution in [0.4, 0.5) is 0 Å². The fourth-order valence-electron chi connectivity index (χ4n) is 4.36. The molecule has 0 N–H and O–H groups in total. The molecule has 0 aromatic heterocycles. The Morgan fingerprint density at radius 2 is 0.375 bits per heavy atom. The molecule has 0 aliphatic heterocycles. The Balaban J connectivity index is 0.000000174. The summed E-state index contributed by atoms with van der Waals surface area (Å²) in [4.78, 5) is 3.22. The second-order valence-corrected chi connectivity index (χ2v) is 13.1. The minimum Gasteiger partial charge on any atom is -0.0622 e. The normalized spacial score (nSPS) is 10.2. The number of hydrogen-bond acceptors (Lipinski definition) is 0. The van der Waals surface area contributed by atoms with Crippen molar-refractivity contribution in [2.75, 3.05) is 0 Å². The number of hydrogen-bond donors (Lipinski definition) is 0. The fourth-order valence-corrected chi connectivity index (χ4v) is 8.97. The molecule has 6 aromatic rings. The molecule has 0 atom stereocenters. The van der Waals surface area contributed by atoms with Crippen molar-refractivity contribution in [1.29, 1.82) is 0 Å². The molecule has 0 aliphatic carbocycles. The van der Waals surface area contributed by atoms with Crippen LogP contribution < -0.4 is 31.8 Å². The molecule has 6 aromatic carbocycles. The minimum absolute atomic E-state index is 0.446. The predicted octanol–water partition coefficient (Wildman–Crippen LogP) is 6.85. The van der Waals surface area contributed by atoms with Gasteiger partial charge in [-0.1, -0.05) is 182 Å². The van der Waals surface area contributed by atoms with Crippen LogP contribution in [0.1, 0.15) is 0 Å². The van der Waals surface area contributed by atoms with Crippen molar-refractivity contribution in [3.63, 3.8) is 0 Å². The molecule has 6 rings (SSSR count). The van der Waals surface area contributed by atoms with Crippen molar-refractivity contribution in [3.8, 4) is 0 Å². The fraction of sp³-hybridized carbons (Fsp3) is 0. The molecule has 0 aliphatic rings. The molecule has 40 heavy (non-hydrogen) atoms. The van der Waals surface area contributed by atoms with Crippen LogP contribution in [-0.2, 0) is 19.4 Å². The van der Waals surface area contributed by atoms with Gasteiger partial charge in [0.1, 0.15) is 0 Å². The summed E-state index contributed by atoms with van der Waals surface area (Å²) < 4.78 is 0. The van der Waals surface area contributed by atoms with Crippen LogP contribution in [0, 0.1) is 0 Å². The Hall–Kier alpha value is -3.26. The van der Waals surface area contributed by atoms with Gasteiger partial charge < -0.3 is 0 Å². The summed E-state index contributed by atoms with van der Waals surface area (Å²) in [5, 5.41) is 8.39. The molecular weight excluding hydrogens is 701 g/mol. The maximum absolute atomic E-state index is 3.22. The van der Waals surface area contributed by atoms with Gasteiger partial charge >= 0.3 is 24.3 Å². The summed E-state index contributed by atoms with van der Waals surface area (Å²) in [6.07, 6.45) is 0. The summed E-state index contributed by atoms with van der Waals surface area (Å²) in [6.45, 7) is 0. The molecule has 3 heteroatoms. The molecule has 0 heterocycles. The van der Waals surface area contributed by atoms with E-state index >= 15 is 0 Å².